The van der Waals surface area contributed by atoms with Crippen LogP contribution in [0.5, 0.6) is 0 Å². The van der Waals surface area contributed by atoms with E-state index >= 15 is 0 Å². The number of fused-ring (bicyclic) bond motifs is 1. The number of carbonyl (C=O) groups excluding carboxylic acids is 2. The van der Waals surface area contributed by atoms with Gasteiger partial charge in [0, 0.05) is 50.7 Å². The molecule has 0 bridgehead atoms. The van der Waals surface area contributed by atoms with Crippen LogP contribution >= 0.6 is 0 Å². The van der Waals surface area contributed by atoms with Crippen LogP contribution in [-0.2, 0) is 9.59 Å². The van der Waals surface area contributed by atoms with Crippen LogP contribution in [0.4, 0.5) is 0 Å². The summed E-state index contributed by atoms with van der Waals surface area (Å²) in [5.74, 6) is 0.904. The summed E-state index contributed by atoms with van der Waals surface area (Å²) in [6, 6.07) is 9.74. The van der Waals surface area contributed by atoms with Gasteiger partial charge in [0.05, 0.1) is 6.54 Å². The predicted molar refractivity (Wildman–Crippen MR) is 113 cm³/mol. The maximum atomic E-state index is 12.5. The summed E-state index contributed by atoms with van der Waals surface area (Å²) >= 11 is 0. The number of carbonyl (C=O) groups is 2. The average molecular weight is 396 g/mol. The van der Waals surface area contributed by atoms with Gasteiger partial charge in [-0.3, -0.25) is 14.5 Å². The Morgan fingerprint density at radius 2 is 1.62 bits per heavy atom. The average Bonchev–Trinajstić information content (AvgIpc) is 2.96. The van der Waals surface area contributed by atoms with Crippen LogP contribution < -0.4 is 0 Å². The van der Waals surface area contributed by atoms with Gasteiger partial charge in [-0.05, 0) is 31.1 Å². The van der Waals surface area contributed by atoms with Crippen molar-refractivity contribution in [1.82, 2.24) is 14.7 Å². The normalized spacial score (nSPS) is 19.0. The van der Waals surface area contributed by atoms with Gasteiger partial charge in [-0.25, -0.2) is 0 Å². The maximum Gasteiger partial charge on any atom is 0.246 e. The van der Waals surface area contributed by atoms with Crippen molar-refractivity contribution >= 4 is 28.9 Å². The lowest BCUT2D eigenvalue weighted by atomic mass is 10.2. The molecule has 0 unspecified atom stereocenters. The molecule has 1 aromatic heterocycles. The maximum absolute atomic E-state index is 12.5. The second kappa shape index (κ2) is 9.27. The van der Waals surface area contributed by atoms with Gasteiger partial charge in [-0.2, -0.15) is 0 Å². The number of furan rings is 1. The molecule has 2 amide bonds. The van der Waals surface area contributed by atoms with Crippen LogP contribution in [0, 0.1) is 0 Å². The van der Waals surface area contributed by atoms with E-state index in [-0.39, 0.29) is 11.8 Å². The molecule has 29 heavy (non-hydrogen) atoms. The molecule has 2 aliphatic rings. The first-order valence-corrected chi connectivity index (χ1v) is 10.6. The Bertz CT molecular complexity index is 839. The summed E-state index contributed by atoms with van der Waals surface area (Å²) in [5, 5.41) is 1.03. The van der Waals surface area contributed by atoms with Crippen molar-refractivity contribution in [1.29, 1.82) is 0 Å². The van der Waals surface area contributed by atoms with Crippen molar-refractivity contribution in [2.75, 3.05) is 45.8 Å². The van der Waals surface area contributed by atoms with E-state index in [4.69, 9.17) is 4.42 Å². The van der Waals surface area contributed by atoms with Gasteiger partial charge in [-0.1, -0.05) is 31.0 Å². The molecule has 2 saturated heterocycles. The molecular weight excluding hydrogens is 366 g/mol. The van der Waals surface area contributed by atoms with Crippen LogP contribution in [0.3, 0.4) is 0 Å². The fraction of sp³-hybridized carbons (Fsp3) is 0.478. The molecule has 0 saturated carbocycles. The Morgan fingerprint density at radius 3 is 2.34 bits per heavy atom. The minimum Gasteiger partial charge on any atom is -0.457 e. The topological polar surface area (TPSA) is 57.0 Å². The largest absolute Gasteiger partial charge is 0.457 e. The molecule has 2 fully saturated rings. The van der Waals surface area contributed by atoms with E-state index in [2.05, 4.69) is 4.90 Å². The lowest BCUT2D eigenvalue weighted by Crippen LogP contribution is -2.51. The highest BCUT2D eigenvalue weighted by molar-refractivity contribution is 5.92. The third-order valence-electron chi connectivity index (χ3n) is 5.84. The smallest absolute Gasteiger partial charge is 0.246 e. The van der Waals surface area contributed by atoms with Gasteiger partial charge in [0.15, 0.2) is 0 Å². The van der Waals surface area contributed by atoms with E-state index in [0.717, 1.165) is 50.0 Å². The molecule has 4 rings (SSSR count). The summed E-state index contributed by atoms with van der Waals surface area (Å²) in [5.41, 5.74) is 0.822. The van der Waals surface area contributed by atoms with Crippen LogP contribution in [0.2, 0.25) is 0 Å². The van der Waals surface area contributed by atoms with E-state index in [1.807, 2.05) is 40.1 Å². The fourth-order valence-electron chi connectivity index (χ4n) is 4.08. The first-order chi connectivity index (χ1) is 14.2. The molecule has 1 aromatic carbocycles. The monoisotopic (exact) mass is 395 g/mol. The second-order valence-electron chi connectivity index (χ2n) is 7.92. The number of hydrogen-bond acceptors (Lipinski definition) is 4. The van der Waals surface area contributed by atoms with E-state index in [0.29, 0.717) is 25.4 Å². The molecule has 0 spiro atoms. The summed E-state index contributed by atoms with van der Waals surface area (Å²) in [6.07, 6.45) is 8.00. The van der Waals surface area contributed by atoms with Crippen LogP contribution in [0.25, 0.3) is 17.0 Å². The number of para-hydroxylation sites is 1. The zero-order valence-electron chi connectivity index (χ0n) is 16.9. The number of piperazine rings is 1. The molecule has 0 aliphatic carbocycles. The summed E-state index contributed by atoms with van der Waals surface area (Å²) in [7, 11) is 0. The number of benzene rings is 1. The first-order valence-electron chi connectivity index (χ1n) is 10.6. The van der Waals surface area contributed by atoms with Crippen molar-refractivity contribution in [2.24, 2.45) is 0 Å². The number of hydrogen-bond donors (Lipinski definition) is 0. The van der Waals surface area contributed by atoms with Gasteiger partial charge in [0.25, 0.3) is 0 Å². The zero-order chi connectivity index (χ0) is 20.1. The first kappa shape index (κ1) is 19.7. The number of amides is 2. The molecule has 154 valence electrons. The summed E-state index contributed by atoms with van der Waals surface area (Å²) < 4.78 is 5.73. The number of nitrogens with zero attached hydrogens (tertiary/aromatic N) is 3. The van der Waals surface area contributed by atoms with Crippen molar-refractivity contribution in [3.05, 3.63) is 42.2 Å². The Balaban J connectivity index is 1.25. The Hall–Kier alpha value is -2.60. The van der Waals surface area contributed by atoms with E-state index < -0.39 is 0 Å². The SMILES string of the molecule is O=C(/C=C/c1cc2ccccc2o1)N1CCN(CC(=O)N2CCCCCC2)CC1. The summed E-state index contributed by atoms with van der Waals surface area (Å²) in [6.45, 7) is 5.03. The van der Waals surface area contributed by atoms with Crippen molar-refractivity contribution in [3.8, 4) is 0 Å². The van der Waals surface area contributed by atoms with Gasteiger partial charge in [0.1, 0.15) is 11.3 Å². The molecule has 6 nitrogen and oxygen atoms in total. The standard InChI is InChI=1S/C23H29N3O3/c27-22(10-9-20-17-19-7-3-4-8-21(19)29-20)26-15-13-24(14-16-26)18-23(28)25-11-5-1-2-6-12-25/h3-4,7-10,17H,1-2,5-6,11-16,18H2/b10-9+. The fourth-order valence-corrected chi connectivity index (χ4v) is 4.08. The van der Waals surface area contributed by atoms with Crippen LogP contribution in [-0.4, -0.2) is 72.3 Å². The lowest BCUT2D eigenvalue weighted by molar-refractivity contribution is -0.133. The molecule has 2 aromatic rings. The Morgan fingerprint density at radius 1 is 0.897 bits per heavy atom. The van der Waals surface area contributed by atoms with Crippen molar-refractivity contribution in [3.63, 3.8) is 0 Å². The van der Waals surface area contributed by atoms with Crippen molar-refractivity contribution in [2.45, 2.75) is 25.7 Å². The highest BCUT2D eigenvalue weighted by Gasteiger charge is 2.23. The zero-order valence-corrected chi connectivity index (χ0v) is 16.9. The highest BCUT2D eigenvalue weighted by Crippen LogP contribution is 2.19. The Kier molecular flexibility index (Phi) is 6.30. The minimum atomic E-state index is -0.0102. The minimum absolute atomic E-state index is 0.0102. The van der Waals surface area contributed by atoms with Crippen LogP contribution in [0.15, 0.2) is 40.8 Å². The van der Waals surface area contributed by atoms with E-state index in [1.165, 1.54) is 12.8 Å². The third kappa shape index (κ3) is 5.07. The van der Waals surface area contributed by atoms with Crippen LogP contribution in [0.1, 0.15) is 31.4 Å². The molecular formula is C23H29N3O3. The second-order valence-corrected chi connectivity index (χ2v) is 7.92. The lowest BCUT2D eigenvalue weighted by Gasteiger charge is -2.34. The number of likely N-dealkylation sites (tertiary alicyclic amines) is 1. The molecule has 6 heteroatoms. The van der Waals surface area contributed by atoms with Gasteiger partial charge >= 0.3 is 0 Å². The third-order valence-corrected chi connectivity index (χ3v) is 5.84. The van der Waals surface area contributed by atoms with E-state index in [1.54, 1.807) is 12.2 Å². The molecule has 3 heterocycles. The Labute approximate surface area is 171 Å². The van der Waals surface area contributed by atoms with Crippen molar-refractivity contribution < 1.29 is 14.0 Å². The number of rotatable bonds is 4. The molecule has 0 N–H and O–H groups in total. The summed E-state index contributed by atoms with van der Waals surface area (Å²) in [4.78, 5) is 31.1. The highest BCUT2D eigenvalue weighted by atomic mass is 16.3. The van der Waals surface area contributed by atoms with E-state index in [9.17, 15) is 9.59 Å². The quantitative estimate of drug-likeness (QED) is 0.747. The van der Waals surface area contributed by atoms with Gasteiger partial charge in [0.2, 0.25) is 11.8 Å². The van der Waals surface area contributed by atoms with Gasteiger partial charge in [-0.15, -0.1) is 0 Å². The molecule has 0 radical (unpaired) electrons. The predicted octanol–water partition coefficient (Wildman–Crippen LogP) is 2.99. The molecule has 2 aliphatic heterocycles. The van der Waals surface area contributed by atoms with Gasteiger partial charge < -0.3 is 14.2 Å². The molecule has 0 atom stereocenters.